The van der Waals surface area contributed by atoms with E-state index in [0.29, 0.717) is 29.0 Å². The van der Waals surface area contributed by atoms with Crippen LogP contribution in [-0.4, -0.2) is 63.8 Å². The van der Waals surface area contributed by atoms with Crippen molar-refractivity contribution in [3.63, 3.8) is 0 Å². The number of aryl methyl sites for hydroxylation is 1. The number of aromatic nitrogens is 5. The van der Waals surface area contributed by atoms with Crippen LogP contribution in [0.25, 0.3) is 22.4 Å². The Morgan fingerprint density at radius 1 is 1.00 bits per heavy atom. The fraction of sp³-hybridized carbons (Fsp3) is 0.333. The number of benzene rings is 1. The van der Waals surface area contributed by atoms with E-state index in [0.717, 1.165) is 32.1 Å². The summed E-state index contributed by atoms with van der Waals surface area (Å²) in [6.45, 7) is 2.59. The maximum absolute atomic E-state index is 14.0. The van der Waals surface area contributed by atoms with Gasteiger partial charge in [-0.05, 0) is 63.8 Å². The van der Waals surface area contributed by atoms with Crippen LogP contribution in [0, 0.1) is 0 Å². The Labute approximate surface area is 201 Å². The molecule has 0 saturated carbocycles. The summed E-state index contributed by atoms with van der Waals surface area (Å²) in [5.41, 5.74) is 0.483. The Morgan fingerprint density at radius 2 is 1.86 bits per heavy atom. The largest absolute Gasteiger partial charge is 0.417 e. The molecule has 0 aliphatic carbocycles. The number of halogens is 3. The molecule has 0 unspecified atom stereocenters. The number of pyridine rings is 1. The van der Waals surface area contributed by atoms with Crippen molar-refractivity contribution in [1.82, 2.24) is 35.4 Å². The first-order valence-corrected chi connectivity index (χ1v) is 11.3. The van der Waals surface area contributed by atoms with Crippen LogP contribution >= 0.6 is 0 Å². The second-order valence-electron chi connectivity index (χ2n) is 8.35. The molecule has 4 aromatic rings. The maximum atomic E-state index is 14.0. The summed E-state index contributed by atoms with van der Waals surface area (Å²) in [6, 6.07) is 9.20. The highest BCUT2D eigenvalue weighted by atomic mass is 19.4. The second kappa shape index (κ2) is 10.8. The number of aromatic amines is 1. The van der Waals surface area contributed by atoms with Crippen LogP contribution in [0.5, 0.6) is 0 Å². The molecule has 0 fully saturated rings. The molecule has 0 radical (unpaired) electrons. The maximum Gasteiger partial charge on any atom is 0.417 e. The molecule has 0 aliphatic rings. The van der Waals surface area contributed by atoms with Crippen molar-refractivity contribution in [3.05, 3.63) is 60.0 Å². The van der Waals surface area contributed by atoms with Crippen LogP contribution in [-0.2, 0) is 12.6 Å². The number of anilines is 2. The standard InChI is InChI=1S/C24H27F3N8/c1-35(2)15-14-28-11-4-6-16-10-13-30-23(31-16)20-18(24(25,26)27)8-3-9-19(20)32-22-17-7-5-12-29-21(17)33-34-22/h3,5,7-10,12-13,28H,4,6,11,14-15H2,1-2H3,(H2,29,32,33,34). The molecule has 3 aromatic heterocycles. The molecule has 3 N–H and O–H groups in total. The van der Waals surface area contributed by atoms with Gasteiger partial charge in [-0.25, -0.2) is 15.0 Å². The number of H-pyrrole nitrogens is 1. The van der Waals surface area contributed by atoms with Crippen molar-refractivity contribution in [1.29, 1.82) is 0 Å². The molecule has 1 aromatic carbocycles. The van der Waals surface area contributed by atoms with Crippen molar-refractivity contribution in [3.8, 4) is 11.4 Å². The zero-order chi connectivity index (χ0) is 24.8. The van der Waals surface area contributed by atoms with Gasteiger partial charge in [0.2, 0.25) is 0 Å². The van der Waals surface area contributed by atoms with E-state index in [1.165, 1.54) is 12.3 Å². The van der Waals surface area contributed by atoms with E-state index in [1.54, 1.807) is 30.5 Å². The van der Waals surface area contributed by atoms with Gasteiger partial charge in [0.1, 0.15) is 0 Å². The number of alkyl halides is 3. The van der Waals surface area contributed by atoms with Gasteiger partial charge in [0, 0.05) is 31.2 Å². The minimum absolute atomic E-state index is 0.0106. The van der Waals surface area contributed by atoms with Gasteiger partial charge in [0.05, 0.1) is 22.2 Å². The summed E-state index contributed by atoms with van der Waals surface area (Å²) < 4.78 is 42.0. The first-order chi connectivity index (χ1) is 16.8. The number of nitrogens with one attached hydrogen (secondary N) is 3. The molecule has 184 valence electrons. The number of hydrogen-bond donors (Lipinski definition) is 3. The lowest BCUT2D eigenvalue weighted by atomic mass is 10.0. The van der Waals surface area contributed by atoms with Crippen LogP contribution in [0.4, 0.5) is 24.7 Å². The van der Waals surface area contributed by atoms with E-state index >= 15 is 0 Å². The minimum Gasteiger partial charge on any atom is -0.338 e. The van der Waals surface area contributed by atoms with Gasteiger partial charge in [-0.2, -0.15) is 18.3 Å². The Balaban J connectivity index is 1.61. The molecular formula is C24H27F3N8. The van der Waals surface area contributed by atoms with Crippen molar-refractivity contribution < 1.29 is 13.2 Å². The smallest absolute Gasteiger partial charge is 0.338 e. The molecule has 0 atom stereocenters. The summed E-state index contributed by atoms with van der Waals surface area (Å²) in [6.07, 6.45) is -0.0454. The van der Waals surface area contributed by atoms with E-state index in [1.807, 2.05) is 14.1 Å². The SMILES string of the molecule is CN(C)CCNCCCc1ccnc(-c2c(Nc3n[nH]c4ncccc34)cccc2C(F)(F)F)n1. The van der Waals surface area contributed by atoms with Gasteiger partial charge in [0.15, 0.2) is 17.3 Å². The quantitative estimate of drug-likeness (QED) is 0.290. The fourth-order valence-corrected chi connectivity index (χ4v) is 3.69. The Hall–Kier alpha value is -3.57. The molecule has 3 heterocycles. The van der Waals surface area contributed by atoms with E-state index < -0.39 is 11.7 Å². The van der Waals surface area contributed by atoms with E-state index in [-0.39, 0.29) is 17.1 Å². The van der Waals surface area contributed by atoms with Crippen molar-refractivity contribution in [2.24, 2.45) is 0 Å². The average molecular weight is 485 g/mol. The molecule has 4 rings (SSSR count). The van der Waals surface area contributed by atoms with Gasteiger partial charge in [-0.3, -0.25) is 5.10 Å². The van der Waals surface area contributed by atoms with Gasteiger partial charge in [-0.1, -0.05) is 6.07 Å². The third-order valence-corrected chi connectivity index (χ3v) is 5.42. The monoisotopic (exact) mass is 484 g/mol. The number of rotatable bonds is 10. The zero-order valence-corrected chi connectivity index (χ0v) is 19.5. The van der Waals surface area contributed by atoms with Crippen molar-refractivity contribution in [2.75, 3.05) is 39.0 Å². The van der Waals surface area contributed by atoms with Crippen LogP contribution in [0.2, 0.25) is 0 Å². The lowest BCUT2D eigenvalue weighted by molar-refractivity contribution is -0.137. The third-order valence-electron chi connectivity index (χ3n) is 5.42. The molecule has 8 nitrogen and oxygen atoms in total. The number of nitrogens with zero attached hydrogens (tertiary/aromatic N) is 5. The van der Waals surface area contributed by atoms with E-state index in [4.69, 9.17) is 0 Å². The summed E-state index contributed by atoms with van der Waals surface area (Å²) in [5, 5.41) is 14.0. The van der Waals surface area contributed by atoms with Gasteiger partial charge >= 0.3 is 6.18 Å². The normalized spacial score (nSPS) is 11.9. The molecular weight excluding hydrogens is 457 g/mol. The molecule has 0 bridgehead atoms. The molecule has 11 heteroatoms. The molecule has 35 heavy (non-hydrogen) atoms. The van der Waals surface area contributed by atoms with E-state index in [9.17, 15) is 13.2 Å². The Kier molecular flexibility index (Phi) is 7.57. The lowest BCUT2D eigenvalue weighted by Crippen LogP contribution is -2.27. The first-order valence-electron chi connectivity index (χ1n) is 11.3. The summed E-state index contributed by atoms with van der Waals surface area (Å²) in [7, 11) is 4.02. The Bertz CT molecular complexity index is 1270. The highest BCUT2D eigenvalue weighted by molar-refractivity contribution is 5.91. The molecule has 0 amide bonds. The molecule has 0 aliphatic heterocycles. The average Bonchev–Trinajstić information content (AvgIpc) is 3.23. The van der Waals surface area contributed by atoms with Crippen LogP contribution in [0.3, 0.4) is 0 Å². The second-order valence-corrected chi connectivity index (χ2v) is 8.35. The lowest BCUT2D eigenvalue weighted by Gasteiger charge is -2.17. The Morgan fingerprint density at radius 3 is 2.66 bits per heavy atom. The highest BCUT2D eigenvalue weighted by Gasteiger charge is 2.35. The summed E-state index contributed by atoms with van der Waals surface area (Å²) in [5.74, 6) is 0.380. The minimum atomic E-state index is -4.59. The summed E-state index contributed by atoms with van der Waals surface area (Å²) >= 11 is 0. The van der Waals surface area contributed by atoms with Gasteiger partial charge in [-0.15, -0.1) is 0 Å². The van der Waals surface area contributed by atoms with Crippen molar-refractivity contribution >= 4 is 22.5 Å². The first kappa shape index (κ1) is 24.6. The predicted molar refractivity (Wildman–Crippen MR) is 129 cm³/mol. The van der Waals surface area contributed by atoms with Gasteiger partial charge < -0.3 is 15.5 Å². The third kappa shape index (κ3) is 6.11. The predicted octanol–water partition coefficient (Wildman–Crippen LogP) is 4.26. The zero-order valence-electron chi connectivity index (χ0n) is 19.5. The van der Waals surface area contributed by atoms with Crippen molar-refractivity contribution in [2.45, 2.75) is 19.0 Å². The van der Waals surface area contributed by atoms with E-state index in [2.05, 4.69) is 40.7 Å². The molecule has 0 saturated heterocycles. The van der Waals surface area contributed by atoms with Crippen LogP contribution < -0.4 is 10.6 Å². The van der Waals surface area contributed by atoms with Crippen LogP contribution in [0.1, 0.15) is 17.7 Å². The van der Waals surface area contributed by atoms with Crippen LogP contribution in [0.15, 0.2) is 48.8 Å². The van der Waals surface area contributed by atoms with Gasteiger partial charge in [0.25, 0.3) is 0 Å². The molecule has 0 spiro atoms. The topological polar surface area (TPSA) is 94.7 Å². The summed E-state index contributed by atoms with van der Waals surface area (Å²) in [4.78, 5) is 15.0. The highest BCUT2D eigenvalue weighted by Crippen LogP contribution is 2.41. The number of fused-ring (bicyclic) bond motifs is 1. The number of hydrogen-bond acceptors (Lipinski definition) is 7. The fourth-order valence-electron chi connectivity index (χ4n) is 3.69. The number of likely N-dealkylation sites (N-methyl/N-ethyl adjacent to an activating group) is 1.